The molecule has 1 N–H and O–H groups in total. The van der Waals surface area contributed by atoms with Gasteiger partial charge in [-0.15, -0.1) is 0 Å². The number of carbonyl (C=O) groups excluding carboxylic acids is 1. The third kappa shape index (κ3) is 4.59. The molecule has 0 aliphatic heterocycles. The Morgan fingerprint density at radius 3 is 2.71 bits per heavy atom. The molecule has 0 saturated heterocycles. The number of carbonyl (C=O) groups is 1. The molecule has 9 heteroatoms. The Morgan fingerprint density at radius 2 is 2.08 bits per heavy atom. The lowest BCUT2D eigenvalue weighted by molar-refractivity contribution is 0.0529. The van der Waals surface area contributed by atoms with Crippen LogP contribution in [-0.2, 0) is 4.74 Å². The molecule has 0 saturated carbocycles. The summed E-state index contributed by atoms with van der Waals surface area (Å²) >= 11 is 0. The SMILES string of the molecule is CC(C)(C)OC(=O)N/N=C/c1c(-c2ccccc2)noc1N=[N+]=[N-]. The number of benzene rings is 1. The fourth-order valence-electron chi connectivity index (χ4n) is 1.77. The minimum atomic E-state index is -0.707. The maximum absolute atomic E-state index is 11.6. The number of nitrogens with one attached hydrogen (secondary N) is 1. The third-order valence-electron chi connectivity index (χ3n) is 2.64. The summed E-state index contributed by atoms with van der Waals surface area (Å²) in [5.74, 6) is -0.0499. The molecule has 2 rings (SSSR count). The predicted molar refractivity (Wildman–Crippen MR) is 87.7 cm³/mol. The van der Waals surface area contributed by atoms with Crippen molar-refractivity contribution in [2.45, 2.75) is 26.4 Å². The van der Waals surface area contributed by atoms with Gasteiger partial charge in [0.15, 0.2) is 0 Å². The Bertz CT molecular complexity index is 785. The van der Waals surface area contributed by atoms with E-state index in [9.17, 15) is 4.79 Å². The van der Waals surface area contributed by atoms with E-state index in [4.69, 9.17) is 14.8 Å². The maximum atomic E-state index is 11.6. The van der Waals surface area contributed by atoms with Crippen LogP contribution in [0.5, 0.6) is 0 Å². The van der Waals surface area contributed by atoms with E-state index < -0.39 is 11.7 Å². The van der Waals surface area contributed by atoms with Crippen molar-refractivity contribution in [2.75, 3.05) is 0 Å². The van der Waals surface area contributed by atoms with E-state index in [0.717, 1.165) is 5.56 Å². The summed E-state index contributed by atoms with van der Waals surface area (Å²) in [7, 11) is 0. The molecule has 124 valence electrons. The number of hydrazone groups is 1. The van der Waals surface area contributed by atoms with E-state index in [1.165, 1.54) is 6.21 Å². The number of amides is 1. The average Bonchev–Trinajstić information content (AvgIpc) is 2.90. The molecule has 9 nitrogen and oxygen atoms in total. The lowest BCUT2D eigenvalue weighted by Gasteiger charge is -2.18. The molecule has 0 fully saturated rings. The van der Waals surface area contributed by atoms with Gasteiger partial charge in [-0.1, -0.05) is 35.5 Å². The van der Waals surface area contributed by atoms with E-state index in [-0.39, 0.29) is 5.88 Å². The van der Waals surface area contributed by atoms with Gasteiger partial charge in [-0.05, 0) is 31.4 Å². The van der Waals surface area contributed by atoms with Crippen LogP contribution in [0.3, 0.4) is 0 Å². The highest BCUT2D eigenvalue weighted by Gasteiger charge is 2.17. The van der Waals surface area contributed by atoms with Crippen LogP contribution in [0, 0.1) is 0 Å². The van der Waals surface area contributed by atoms with E-state index in [2.05, 4.69) is 25.7 Å². The minimum Gasteiger partial charge on any atom is -0.443 e. The molecule has 0 radical (unpaired) electrons. The van der Waals surface area contributed by atoms with Gasteiger partial charge in [0.2, 0.25) is 5.88 Å². The normalized spacial score (nSPS) is 11.1. The molecular formula is C15H16N6O3. The summed E-state index contributed by atoms with van der Waals surface area (Å²) in [6, 6.07) is 9.15. The first-order chi connectivity index (χ1) is 11.4. The van der Waals surface area contributed by atoms with Crippen LogP contribution in [0.2, 0.25) is 0 Å². The molecule has 1 amide bonds. The number of aromatic nitrogens is 1. The fourth-order valence-corrected chi connectivity index (χ4v) is 1.77. The first kappa shape index (κ1) is 17.0. The highest BCUT2D eigenvalue weighted by molar-refractivity contribution is 5.93. The Hall–Kier alpha value is -3.32. The Balaban J connectivity index is 2.25. The molecule has 0 aliphatic rings. The van der Waals surface area contributed by atoms with Crippen LogP contribution in [-0.4, -0.2) is 23.1 Å². The first-order valence-electron chi connectivity index (χ1n) is 7.03. The highest BCUT2D eigenvalue weighted by Crippen LogP contribution is 2.29. The maximum Gasteiger partial charge on any atom is 0.428 e. The molecule has 0 bridgehead atoms. The minimum absolute atomic E-state index is 0.0499. The van der Waals surface area contributed by atoms with E-state index >= 15 is 0 Å². The standard InChI is InChI=1S/C15H16N6O3/c1-15(2,3)23-14(22)19-17-9-11-12(10-7-5-4-6-8-10)20-24-13(11)18-21-16/h4-9H,1-3H3,(H,19,22)/b17-9+. The van der Waals surface area contributed by atoms with Crippen molar-refractivity contribution in [3.8, 4) is 11.3 Å². The van der Waals surface area contributed by atoms with Gasteiger partial charge in [0, 0.05) is 10.5 Å². The molecule has 1 aromatic heterocycles. The van der Waals surface area contributed by atoms with Crippen LogP contribution in [0.1, 0.15) is 26.3 Å². The largest absolute Gasteiger partial charge is 0.443 e. The summed E-state index contributed by atoms with van der Waals surface area (Å²) in [5.41, 5.74) is 11.7. The first-order valence-corrected chi connectivity index (χ1v) is 7.03. The second kappa shape index (κ2) is 7.30. The van der Waals surface area contributed by atoms with Gasteiger partial charge >= 0.3 is 6.09 Å². The van der Waals surface area contributed by atoms with Crippen molar-refractivity contribution >= 4 is 18.2 Å². The summed E-state index contributed by atoms with van der Waals surface area (Å²) in [6.45, 7) is 5.22. The zero-order valence-corrected chi connectivity index (χ0v) is 13.4. The van der Waals surface area contributed by atoms with Crippen LogP contribution in [0.4, 0.5) is 10.7 Å². The molecule has 2 aromatic rings. The fraction of sp³-hybridized carbons (Fsp3) is 0.267. The van der Waals surface area contributed by atoms with Crippen molar-refractivity contribution in [2.24, 2.45) is 10.2 Å². The second-order valence-corrected chi connectivity index (χ2v) is 5.68. The Kier molecular flexibility index (Phi) is 5.18. The van der Waals surface area contributed by atoms with E-state index in [0.29, 0.717) is 11.3 Å². The van der Waals surface area contributed by atoms with Crippen molar-refractivity contribution < 1.29 is 14.1 Å². The third-order valence-corrected chi connectivity index (χ3v) is 2.64. The number of hydrogen-bond acceptors (Lipinski definition) is 6. The summed E-state index contributed by atoms with van der Waals surface area (Å²) in [4.78, 5) is 14.3. The number of rotatable bonds is 4. The van der Waals surface area contributed by atoms with Crippen molar-refractivity contribution in [3.63, 3.8) is 0 Å². The van der Waals surface area contributed by atoms with Gasteiger partial charge in [0.1, 0.15) is 11.3 Å². The zero-order valence-electron chi connectivity index (χ0n) is 13.4. The molecular weight excluding hydrogens is 312 g/mol. The molecule has 0 atom stereocenters. The Labute approximate surface area is 137 Å². The van der Waals surface area contributed by atoms with Gasteiger partial charge in [-0.3, -0.25) is 0 Å². The molecule has 24 heavy (non-hydrogen) atoms. The quantitative estimate of drug-likeness (QED) is 0.297. The molecule has 1 heterocycles. The summed E-state index contributed by atoms with van der Waals surface area (Å²) in [6.07, 6.45) is 0.578. The monoisotopic (exact) mass is 328 g/mol. The van der Waals surface area contributed by atoms with Crippen LogP contribution in [0.15, 0.2) is 45.1 Å². The van der Waals surface area contributed by atoms with Gasteiger partial charge in [0.05, 0.1) is 11.8 Å². The van der Waals surface area contributed by atoms with Crippen LogP contribution in [0.25, 0.3) is 21.7 Å². The van der Waals surface area contributed by atoms with Gasteiger partial charge in [-0.2, -0.15) is 5.10 Å². The summed E-state index contributed by atoms with van der Waals surface area (Å²) in [5, 5.41) is 11.1. The van der Waals surface area contributed by atoms with Gasteiger partial charge in [-0.25, -0.2) is 10.2 Å². The number of azide groups is 1. The number of nitrogens with zero attached hydrogens (tertiary/aromatic N) is 5. The predicted octanol–water partition coefficient (Wildman–Crippen LogP) is 4.14. The smallest absolute Gasteiger partial charge is 0.428 e. The lowest BCUT2D eigenvalue weighted by atomic mass is 10.1. The van der Waals surface area contributed by atoms with E-state index in [1.54, 1.807) is 20.8 Å². The highest BCUT2D eigenvalue weighted by atomic mass is 16.6. The molecule has 0 spiro atoms. The van der Waals surface area contributed by atoms with Crippen LogP contribution >= 0.6 is 0 Å². The van der Waals surface area contributed by atoms with Crippen molar-refractivity contribution in [3.05, 3.63) is 46.3 Å². The second-order valence-electron chi connectivity index (χ2n) is 5.68. The molecule has 1 aromatic carbocycles. The summed E-state index contributed by atoms with van der Waals surface area (Å²) < 4.78 is 10.1. The van der Waals surface area contributed by atoms with Crippen molar-refractivity contribution in [1.82, 2.24) is 10.6 Å². The molecule has 0 unspecified atom stereocenters. The average molecular weight is 328 g/mol. The van der Waals surface area contributed by atoms with Gasteiger partial charge < -0.3 is 9.26 Å². The number of ether oxygens (including phenoxy) is 1. The molecule has 0 aliphatic carbocycles. The zero-order chi connectivity index (χ0) is 17.6. The van der Waals surface area contributed by atoms with Crippen molar-refractivity contribution in [1.29, 1.82) is 0 Å². The lowest BCUT2D eigenvalue weighted by Crippen LogP contribution is -2.29. The number of hydrogen-bond donors (Lipinski definition) is 1. The van der Waals surface area contributed by atoms with E-state index in [1.807, 2.05) is 30.3 Å². The Morgan fingerprint density at radius 1 is 1.38 bits per heavy atom. The van der Waals surface area contributed by atoms with Gasteiger partial charge in [0.25, 0.3) is 0 Å². The topological polar surface area (TPSA) is 125 Å². The van der Waals surface area contributed by atoms with Crippen LogP contribution < -0.4 is 5.43 Å².